The summed E-state index contributed by atoms with van der Waals surface area (Å²) < 4.78 is 0.711. The summed E-state index contributed by atoms with van der Waals surface area (Å²) in [6.45, 7) is 6.30. The van der Waals surface area contributed by atoms with Gasteiger partial charge in [-0.25, -0.2) is 10.8 Å². The zero-order valence-corrected chi connectivity index (χ0v) is 12.8. The average molecular weight is 331 g/mol. The Labute approximate surface area is 120 Å². The molecule has 0 aromatic carbocycles. The number of nitrogen functional groups attached to an aromatic ring is 1. The average Bonchev–Trinajstić information content (AvgIpc) is 2.29. The fourth-order valence-electron chi connectivity index (χ4n) is 1.34. The molecule has 0 unspecified atom stereocenters. The number of carbonyl (C=O) groups excluding carboxylic acids is 1. The summed E-state index contributed by atoms with van der Waals surface area (Å²) >= 11 is 3.32. The monoisotopic (exact) mass is 330 g/mol. The molecular weight excluding hydrogens is 312 g/mol. The quantitative estimate of drug-likeness (QED) is 0.478. The lowest BCUT2D eigenvalue weighted by molar-refractivity contribution is -0.122. The van der Waals surface area contributed by atoms with Crippen LogP contribution in [0.2, 0.25) is 0 Å². The molecule has 1 aromatic rings. The first kappa shape index (κ1) is 15.6. The molecular formula is C11H19BrN6O. The minimum atomic E-state index is -0.219. The van der Waals surface area contributed by atoms with Crippen molar-refractivity contribution in [2.75, 3.05) is 17.3 Å². The van der Waals surface area contributed by atoms with E-state index in [0.717, 1.165) is 0 Å². The fourth-order valence-corrected chi connectivity index (χ4v) is 1.67. The van der Waals surface area contributed by atoms with E-state index in [-0.39, 0.29) is 11.4 Å². The van der Waals surface area contributed by atoms with E-state index in [1.54, 1.807) is 6.20 Å². The molecule has 0 aliphatic carbocycles. The van der Waals surface area contributed by atoms with Crippen LogP contribution in [-0.2, 0) is 4.79 Å². The molecule has 0 spiro atoms. The Bertz CT molecular complexity index is 445. The van der Waals surface area contributed by atoms with Gasteiger partial charge in [0, 0.05) is 24.7 Å². The number of nitrogens with two attached hydrogens (primary N) is 1. The highest BCUT2D eigenvalue weighted by atomic mass is 79.9. The van der Waals surface area contributed by atoms with Crippen LogP contribution in [0.4, 0.5) is 11.8 Å². The first-order valence-corrected chi connectivity index (χ1v) is 6.65. The van der Waals surface area contributed by atoms with E-state index in [9.17, 15) is 4.79 Å². The second-order valence-electron chi connectivity index (χ2n) is 5.01. The van der Waals surface area contributed by atoms with Crippen molar-refractivity contribution < 1.29 is 4.79 Å². The van der Waals surface area contributed by atoms with E-state index in [1.807, 2.05) is 20.8 Å². The van der Waals surface area contributed by atoms with Gasteiger partial charge in [-0.15, -0.1) is 0 Å². The Kier molecular flexibility index (Phi) is 5.49. The van der Waals surface area contributed by atoms with E-state index in [1.165, 1.54) is 0 Å². The number of nitrogens with one attached hydrogen (secondary N) is 3. The Morgan fingerprint density at radius 2 is 2.16 bits per heavy atom. The fraction of sp³-hybridized carbons (Fsp3) is 0.545. The molecule has 5 N–H and O–H groups in total. The predicted molar refractivity (Wildman–Crippen MR) is 78.5 cm³/mol. The van der Waals surface area contributed by atoms with Crippen molar-refractivity contribution in [1.82, 2.24) is 15.3 Å². The van der Waals surface area contributed by atoms with Gasteiger partial charge in [0.25, 0.3) is 0 Å². The van der Waals surface area contributed by atoms with Gasteiger partial charge in [-0.05, 0) is 36.7 Å². The minimum Gasteiger partial charge on any atom is -0.368 e. The maximum atomic E-state index is 11.6. The van der Waals surface area contributed by atoms with E-state index >= 15 is 0 Å². The van der Waals surface area contributed by atoms with Crippen molar-refractivity contribution in [3.8, 4) is 0 Å². The van der Waals surface area contributed by atoms with Gasteiger partial charge in [-0.3, -0.25) is 10.2 Å². The number of hydrogen-bond acceptors (Lipinski definition) is 6. The summed E-state index contributed by atoms with van der Waals surface area (Å²) in [6, 6.07) is 0. The van der Waals surface area contributed by atoms with E-state index in [2.05, 4.69) is 42.0 Å². The third-order valence-corrected chi connectivity index (χ3v) is 2.61. The molecule has 0 bridgehead atoms. The second kappa shape index (κ2) is 6.67. The third-order valence-electron chi connectivity index (χ3n) is 2.03. The van der Waals surface area contributed by atoms with Crippen LogP contribution in [0.1, 0.15) is 27.2 Å². The van der Waals surface area contributed by atoms with Crippen LogP contribution in [0.15, 0.2) is 10.7 Å². The van der Waals surface area contributed by atoms with Crippen LogP contribution in [0.3, 0.4) is 0 Å². The number of nitrogens with zero attached hydrogens (tertiary/aromatic N) is 2. The van der Waals surface area contributed by atoms with Crippen LogP contribution in [0, 0.1) is 0 Å². The van der Waals surface area contributed by atoms with Gasteiger partial charge in [0.2, 0.25) is 11.9 Å². The molecule has 0 saturated heterocycles. The number of anilines is 2. The number of aromatic nitrogens is 2. The van der Waals surface area contributed by atoms with Gasteiger partial charge in [0.05, 0.1) is 4.47 Å². The number of halogens is 1. The van der Waals surface area contributed by atoms with Gasteiger partial charge >= 0.3 is 0 Å². The summed E-state index contributed by atoms with van der Waals surface area (Å²) in [5.41, 5.74) is 2.14. The molecule has 106 valence electrons. The van der Waals surface area contributed by atoms with Crippen molar-refractivity contribution in [3.63, 3.8) is 0 Å². The molecule has 0 fully saturated rings. The van der Waals surface area contributed by atoms with Crippen LogP contribution in [0.25, 0.3) is 0 Å². The maximum Gasteiger partial charge on any atom is 0.239 e. The Hall–Kier alpha value is -1.41. The van der Waals surface area contributed by atoms with Crippen molar-refractivity contribution in [2.45, 2.75) is 32.7 Å². The molecule has 0 atom stereocenters. The highest BCUT2D eigenvalue weighted by Gasteiger charge is 2.13. The molecule has 1 rings (SSSR count). The first-order valence-electron chi connectivity index (χ1n) is 5.86. The SMILES string of the molecule is CC(C)(C)NC(=O)CCNc1nc(NN)ncc1Br. The van der Waals surface area contributed by atoms with E-state index in [0.29, 0.717) is 29.2 Å². The molecule has 7 nitrogen and oxygen atoms in total. The Morgan fingerprint density at radius 1 is 1.47 bits per heavy atom. The Balaban J connectivity index is 2.47. The van der Waals surface area contributed by atoms with Gasteiger partial charge in [-0.1, -0.05) is 0 Å². The van der Waals surface area contributed by atoms with Crippen LogP contribution in [-0.4, -0.2) is 28.0 Å². The number of hydrogen-bond donors (Lipinski definition) is 4. The van der Waals surface area contributed by atoms with Crippen molar-refractivity contribution in [1.29, 1.82) is 0 Å². The van der Waals surface area contributed by atoms with Crippen LogP contribution >= 0.6 is 15.9 Å². The zero-order valence-electron chi connectivity index (χ0n) is 11.2. The van der Waals surface area contributed by atoms with Gasteiger partial charge in [0.1, 0.15) is 5.82 Å². The Morgan fingerprint density at radius 3 is 2.74 bits per heavy atom. The normalized spacial score (nSPS) is 11.0. The maximum absolute atomic E-state index is 11.6. The number of carbonyl (C=O) groups is 1. The molecule has 0 radical (unpaired) electrons. The number of hydrazine groups is 1. The molecule has 1 aromatic heterocycles. The minimum absolute atomic E-state index is 0.0117. The topological polar surface area (TPSA) is 105 Å². The van der Waals surface area contributed by atoms with E-state index < -0.39 is 0 Å². The van der Waals surface area contributed by atoms with Gasteiger partial charge in [0.15, 0.2) is 0 Å². The summed E-state index contributed by atoms with van der Waals surface area (Å²) in [7, 11) is 0. The first-order chi connectivity index (χ1) is 8.81. The number of rotatable bonds is 5. The number of amides is 1. The molecule has 1 amide bonds. The highest BCUT2D eigenvalue weighted by molar-refractivity contribution is 9.10. The van der Waals surface area contributed by atoms with Gasteiger partial charge in [-0.2, -0.15) is 4.98 Å². The summed E-state index contributed by atoms with van der Waals surface area (Å²) in [4.78, 5) is 19.7. The van der Waals surface area contributed by atoms with E-state index in [4.69, 9.17) is 5.84 Å². The molecule has 8 heteroatoms. The summed E-state index contributed by atoms with van der Waals surface area (Å²) in [6.07, 6.45) is 1.94. The molecule has 0 aliphatic heterocycles. The van der Waals surface area contributed by atoms with Crippen LogP contribution < -0.4 is 21.9 Å². The zero-order chi connectivity index (χ0) is 14.5. The highest BCUT2D eigenvalue weighted by Crippen LogP contribution is 2.19. The largest absolute Gasteiger partial charge is 0.368 e. The lowest BCUT2D eigenvalue weighted by Gasteiger charge is -2.20. The lowest BCUT2D eigenvalue weighted by atomic mass is 10.1. The predicted octanol–water partition coefficient (Wildman–Crippen LogP) is 1.24. The van der Waals surface area contributed by atoms with Gasteiger partial charge < -0.3 is 10.6 Å². The molecule has 0 aliphatic rings. The summed E-state index contributed by atoms with van der Waals surface area (Å²) in [5.74, 6) is 6.12. The van der Waals surface area contributed by atoms with Crippen molar-refractivity contribution in [3.05, 3.63) is 10.7 Å². The van der Waals surface area contributed by atoms with Crippen LogP contribution in [0.5, 0.6) is 0 Å². The van der Waals surface area contributed by atoms with Crippen molar-refractivity contribution in [2.24, 2.45) is 5.84 Å². The smallest absolute Gasteiger partial charge is 0.239 e. The van der Waals surface area contributed by atoms with Crippen molar-refractivity contribution >= 4 is 33.6 Å². The second-order valence-corrected chi connectivity index (χ2v) is 5.86. The lowest BCUT2D eigenvalue weighted by Crippen LogP contribution is -2.41. The molecule has 1 heterocycles. The summed E-state index contributed by atoms with van der Waals surface area (Å²) in [5, 5.41) is 5.94. The molecule has 0 saturated carbocycles. The molecule has 19 heavy (non-hydrogen) atoms. The third kappa shape index (κ3) is 5.84. The standard InChI is InChI=1S/C11H19BrN6O/c1-11(2,3)17-8(19)4-5-14-9-7(12)6-15-10(16-9)18-13/h6H,4-5,13H2,1-3H3,(H,17,19)(H2,14,15,16,18).